The molecule has 1 heterocycles. The molecule has 4 rings (SSSR count). The van der Waals surface area contributed by atoms with Crippen molar-refractivity contribution in [3.05, 3.63) is 72.3 Å². The number of alkyl halides is 3. The third-order valence-corrected chi connectivity index (χ3v) is 7.50. The highest BCUT2D eigenvalue weighted by Crippen LogP contribution is 2.33. The number of aliphatic hydroxyl groups is 2. The SMILES string of the molecule is O=S(=O)(Nc1cccc(CSC2=NN=C(C(O)(O)C(F)(F)F)C2)c1)c1cccc2ccccc12. The van der Waals surface area contributed by atoms with E-state index in [-0.39, 0.29) is 15.7 Å². The van der Waals surface area contributed by atoms with Gasteiger partial charge in [-0.15, -0.1) is 16.9 Å². The summed E-state index contributed by atoms with van der Waals surface area (Å²) in [4.78, 5) is 0.136. The van der Waals surface area contributed by atoms with Crippen LogP contribution in [0.5, 0.6) is 0 Å². The molecule has 0 unspecified atom stereocenters. The molecule has 0 saturated carbocycles. The topological polar surface area (TPSA) is 111 Å². The van der Waals surface area contributed by atoms with Crippen LogP contribution in [-0.4, -0.2) is 41.3 Å². The molecule has 0 fully saturated rings. The molecular formula is C22H18F3N3O4S2. The first-order valence-electron chi connectivity index (χ1n) is 9.85. The maximum Gasteiger partial charge on any atom is 0.449 e. The molecule has 7 nitrogen and oxygen atoms in total. The zero-order valence-electron chi connectivity index (χ0n) is 17.3. The van der Waals surface area contributed by atoms with Crippen LogP contribution in [0.2, 0.25) is 0 Å². The van der Waals surface area contributed by atoms with Gasteiger partial charge in [0, 0.05) is 23.2 Å². The zero-order chi connectivity index (χ0) is 24.6. The van der Waals surface area contributed by atoms with Crippen molar-refractivity contribution in [2.24, 2.45) is 10.2 Å². The van der Waals surface area contributed by atoms with E-state index in [1.807, 2.05) is 18.2 Å². The lowest BCUT2D eigenvalue weighted by atomic mass is 10.1. The smallest absolute Gasteiger partial charge is 0.354 e. The Bertz CT molecular complexity index is 1400. The maximum atomic E-state index is 13.0. The monoisotopic (exact) mass is 509 g/mol. The Labute approximate surface area is 197 Å². The van der Waals surface area contributed by atoms with E-state index in [9.17, 15) is 31.8 Å². The summed E-state index contributed by atoms with van der Waals surface area (Å²) in [5.74, 6) is -3.79. The van der Waals surface area contributed by atoms with E-state index < -0.39 is 34.1 Å². The average molecular weight is 510 g/mol. The molecule has 3 aromatic rings. The fraction of sp³-hybridized carbons (Fsp3) is 0.182. The standard InChI is InChI=1S/C22H18F3N3O4S2/c23-22(24,25)21(29,30)19-12-20(27-26-19)33-13-14-5-3-8-16(11-14)28-34(31,32)18-10-4-7-15-6-1-2-9-17(15)18/h1-11,28-30H,12-13H2. The van der Waals surface area contributed by atoms with Crippen molar-refractivity contribution in [1.82, 2.24) is 0 Å². The van der Waals surface area contributed by atoms with Gasteiger partial charge in [-0.2, -0.15) is 18.3 Å². The van der Waals surface area contributed by atoms with Crippen molar-refractivity contribution < 1.29 is 31.8 Å². The van der Waals surface area contributed by atoms with Crippen LogP contribution >= 0.6 is 11.8 Å². The normalized spacial score (nSPS) is 14.7. The quantitative estimate of drug-likeness (QED) is 0.430. The number of hydrogen-bond donors (Lipinski definition) is 3. The third-order valence-electron chi connectivity index (χ3n) is 5.02. The molecule has 178 valence electrons. The molecule has 0 saturated heterocycles. The Kier molecular flexibility index (Phi) is 6.42. The first-order valence-corrected chi connectivity index (χ1v) is 12.3. The Hall–Kier alpha value is -2.93. The number of hydrogen-bond acceptors (Lipinski definition) is 7. The van der Waals surface area contributed by atoms with Gasteiger partial charge >= 0.3 is 12.0 Å². The predicted molar refractivity (Wildman–Crippen MR) is 125 cm³/mol. The number of anilines is 1. The number of thioether (sulfide) groups is 1. The van der Waals surface area contributed by atoms with Gasteiger partial charge in [0.2, 0.25) is 0 Å². The van der Waals surface area contributed by atoms with Crippen LogP contribution in [0, 0.1) is 0 Å². The summed E-state index contributed by atoms with van der Waals surface area (Å²) in [5.41, 5.74) is 0.0894. The molecule has 0 radical (unpaired) electrons. The minimum absolute atomic E-state index is 0.136. The van der Waals surface area contributed by atoms with Gasteiger partial charge in [0.05, 0.1) is 4.90 Å². The minimum atomic E-state index is -5.29. The van der Waals surface area contributed by atoms with Crippen LogP contribution in [0.25, 0.3) is 10.8 Å². The highest BCUT2D eigenvalue weighted by Gasteiger charge is 2.57. The average Bonchev–Trinajstić information content (AvgIpc) is 3.26. The molecule has 0 amide bonds. The summed E-state index contributed by atoms with van der Waals surface area (Å²) in [6.45, 7) is 0. The molecule has 34 heavy (non-hydrogen) atoms. The Balaban J connectivity index is 1.43. The van der Waals surface area contributed by atoms with Gasteiger partial charge < -0.3 is 10.2 Å². The lowest BCUT2D eigenvalue weighted by Gasteiger charge is -2.23. The number of halogens is 3. The summed E-state index contributed by atoms with van der Waals surface area (Å²) in [5, 5.41) is 27.0. The van der Waals surface area contributed by atoms with Crippen molar-refractivity contribution in [1.29, 1.82) is 0 Å². The summed E-state index contributed by atoms with van der Waals surface area (Å²) in [6, 6.07) is 18.7. The molecule has 0 aromatic heterocycles. The Morgan fingerprint density at radius 3 is 2.44 bits per heavy atom. The molecule has 1 aliphatic rings. The predicted octanol–water partition coefficient (Wildman–Crippen LogP) is 4.28. The largest absolute Gasteiger partial charge is 0.449 e. The third kappa shape index (κ3) is 4.94. The zero-order valence-corrected chi connectivity index (χ0v) is 19.0. The molecule has 1 aliphatic heterocycles. The van der Waals surface area contributed by atoms with Gasteiger partial charge in [0.15, 0.2) is 0 Å². The fourth-order valence-electron chi connectivity index (χ4n) is 3.30. The van der Waals surface area contributed by atoms with E-state index in [1.165, 1.54) is 6.07 Å². The van der Waals surface area contributed by atoms with Crippen molar-refractivity contribution in [3.8, 4) is 0 Å². The van der Waals surface area contributed by atoms with E-state index >= 15 is 0 Å². The molecule has 0 spiro atoms. The van der Waals surface area contributed by atoms with Crippen LogP contribution < -0.4 is 4.72 Å². The molecule has 0 aliphatic carbocycles. The van der Waals surface area contributed by atoms with Gasteiger partial charge in [-0.1, -0.05) is 48.5 Å². The van der Waals surface area contributed by atoms with Crippen molar-refractivity contribution in [2.45, 2.75) is 29.0 Å². The number of fused-ring (bicyclic) bond motifs is 1. The van der Waals surface area contributed by atoms with Gasteiger partial charge in [-0.3, -0.25) is 4.72 Å². The number of sulfonamides is 1. The van der Waals surface area contributed by atoms with E-state index in [1.54, 1.807) is 42.5 Å². The Morgan fingerprint density at radius 2 is 1.68 bits per heavy atom. The lowest BCUT2D eigenvalue weighted by Crippen LogP contribution is -2.51. The number of nitrogens with zero attached hydrogens (tertiary/aromatic N) is 2. The number of benzene rings is 3. The summed E-state index contributed by atoms with van der Waals surface area (Å²) < 4.78 is 66.9. The van der Waals surface area contributed by atoms with E-state index in [0.29, 0.717) is 16.6 Å². The van der Waals surface area contributed by atoms with Gasteiger partial charge in [-0.05, 0) is 29.1 Å². The van der Waals surface area contributed by atoms with Crippen LogP contribution in [0.1, 0.15) is 12.0 Å². The second-order valence-corrected chi connectivity index (χ2v) is 10.2. The van der Waals surface area contributed by atoms with Crippen LogP contribution in [0.4, 0.5) is 18.9 Å². The van der Waals surface area contributed by atoms with Gasteiger partial charge in [-0.25, -0.2) is 8.42 Å². The van der Waals surface area contributed by atoms with Gasteiger partial charge in [0.25, 0.3) is 10.0 Å². The second kappa shape index (κ2) is 9.02. The molecular weight excluding hydrogens is 491 g/mol. The summed E-state index contributed by atoms with van der Waals surface area (Å²) in [7, 11) is -3.89. The highest BCUT2D eigenvalue weighted by molar-refractivity contribution is 8.13. The van der Waals surface area contributed by atoms with E-state index in [4.69, 9.17) is 0 Å². The first-order chi connectivity index (χ1) is 16.0. The molecule has 12 heteroatoms. The maximum absolute atomic E-state index is 13.0. The van der Waals surface area contributed by atoms with Crippen LogP contribution in [0.3, 0.4) is 0 Å². The van der Waals surface area contributed by atoms with Crippen molar-refractivity contribution in [3.63, 3.8) is 0 Å². The van der Waals surface area contributed by atoms with Crippen molar-refractivity contribution >= 4 is 49.0 Å². The Morgan fingerprint density at radius 1 is 0.971 bits per heavy atom. The van der Waals surface area contributed by atoms with E-state index in [0.717, 1.165) is 17.1 Å². The molecule has 3 N–H and O–H groups in total. The summed E-state index contributed by atoms with van der Waals surface area (Å²) in [6.07, 6.45) is -5.75. The second-order valence-electron chi connectivity index (χ2n) is 7.46. The first kappa shape index (κ1) is 24.2. The van der Waals surface area contributed by atoms with E-state index in [2.05, 4.69) is 14.9 Å². The molecule has 0 atom stereocenters. The molecule has 3 aromatic carbocycles. The van der Waals surface area contributed by atoms with Gasteiger partial charge in [0.1, 0.15) is 10.8 Å². The van der Waals surface area contributed by atoms with Crippen LogP contribution in [0.15, 0.2) is 81.8 Å². The van der Waals surface area contributed by atoms with Crippen molar-refractivity contribution in [2.75, 3.05) is 4.72 Å². The highest BCUT2D eigenvalue weighted by atomic mass is 32.2. The van der Waals surface area contributed by atoms with Crippen LogP contribution in [-0.2, 0) is 15.8 Å². The fourth-order valence-corrected chi connectivity index (χ4v) is 5.43. The molecule has 0 bridgehead atoms. The number of rotatable bonds is 6. The minimum Gasteiger partial charge on any atom is -0.354 e. The number of nitrogens with one attached hydrogen (secondary N) is 1. The summed E-state index contributed by atoms with van der Waals surface area (Å²) >= 11 is 1.06. The lowest BCUT2D eigenvalue weighted by molar-refractivity contribution is -0.312.